The van der Waals surface area contributed by atoms with Crippen molar-refractivity contribution in [2.45, 2.75) is 25.1 Å². The molecule has 138 valence electrons. The van der Waals surface area contributed by atoms with Gasteiger partial charge in [-0.05, 0) is 32.1 Å². The Balaban J connectivity index is 0.00000288. The maximum absolute atomic E-state index is 5.58. The number of nitrogens with zero attached hydrogens (tertiary/aromatic N) is 3. The zero-order chi connectivity index (χ0) is 16.8. The van der Waals surface area contributed by atoms with Gasteiger partial charge in [0.2, 0.25) is 0 Å². The van der Waals surface area contributed by atoms with Crippen LogP contribution in [0.25, 0.3) is 0 Å². The van der Waals surface area contributed by atoms with Gasteiger partial charge in [0.15, 0.2) is 5.96 Å². The zero-order valence-electron chi connectivity index (χ0n) is 15.4. The van der Waals surface area contributed by atoms with Crippen molar-refractivity contribution >= 4 is 41.7 Å². The molecule has 2 heterocycles. The second-order valence-electron chi connectivity index (χ2n) is 6.52. The molecule has 0 radical (unpaired) electrons. The molecule has 2 unspecified atom stereocenters. The maximum atomic E-state index is 5.58. The van der Waals surface area contributed by atoms with Crippen molar-refractivity contribution in [2.75, 3.05) is 46.5 Å². The lowest BCUT2D eigenvalue weighted by molar-refractivity contribution is 0.255. The van der Waals surface area contributed by atoms with E-state index in [1.54, 1.807) is 6.26 Å². The summed E-state index contributed by atoms with van der Waals surface area (Å²) < 4.78 is 5.58. The van der Waals surface area contributed by atoms with Crippen LogP contribution in [0.2, 0.25) is 0 Å². The predicted octanol–water partition coefficient (Wildman–Crippen LogP) is 3.15. The second kappa shape index (κ2) is 10.6. The summed E-state index contributed by atoms with van der Waals surface area (Å²) in [5.41, 5.74) is 0. The first kappa shape index (κ1) is 21.6. The molecule has 2 rings (SSSR count). The van der Waals surface area contributed by atoms with E-state index in [4.69, 9.17) is 4.42 Å². The highest BCUT2D eigenvalue weighted by Gasteiger charge is 2.25. The monoisotopic (exact) mass is 466 g/mol. The number of nitrogens with one attached hydrogen (secondary N) is 1. The Morgan fingerprint density at radius 2 is 2.25 bits per heavy atom. The Bertz CT molecular complexity index is 493. The third-order valence-corrected chi connectivity index (χ3v) is 5.84. The Morgan fingerprint density at radius 3 is 2.79 bits per heavy atom. The van der Waals surface area contributed by atoms with Crippen LogP contribution in [0.1, 0.15) is 25.6 Å². The molecule has 0 aromatic carbocycles. The van der Waals surface area contributed by atoms with Gasteiger partial charge in [-0.1, -0.05) is 13.8 Å². The highest BCUT2D eigenvalue weighted by Crippen LogP contribution is 2.25. The van der Waals surface area contributed by atoms with Gasteiger partial charge in [-0.2, -0.15) is 11.8 Å². The fraction of sp³-hybridized carbons (Fsp3) is 0.706. The van der Waals surface area contributed by atoms with Crippen LogP contribution in [0.15, 0.2) is 27.8 Å². The van der Waals surface area contributed by atoms with Crippen molar-refractivity contribution < 1.29 is 4.42 Å². The molecule has 5 nitrogen and oxygen atoms in total. The fourth-order valence-electron chi connectivity index (χ4n) is 2.81. The van der Waals surface area contributed by atoms with Gasteiger partial charge in [-0.15, -0.1) is 24.0 Å². The molecule has 1 N–H and O–H groups in total. The molecule has 7 heteroatoms. The minimum Gasteiger partial charge on any atom is -0.468 e. The number of furan rings is 1. The van der Waals surface area contributed by atoms with Gasteiger partial charge in [-0.25, -0.2) is 0 Å². The normalized spacial score (nSPS) is 20.2. The van der Waals surface area contributed by atoms with Crippen LogP contribution < -0.4 is 5.32 Å². The van der Waals surface area contributed by atoms with E-state index in [0.29, 0.717) is 11.2 Å². The van der Waals surface area contributed by atoms with Crippen molar-refractivity contribution in [3.05, 3.63) is 24.2 Å². The minimum atomic E-state index is 0. The first-order chi connectivity index (χ1) is 11.0. The van der Waals surface area contributed by atoms with Gasteiger partial charge >= 0.3 is 0 Å². The number of rotatable bonds is 5. The molecule has 0 bridgehead atoms. The highest BCUT2D eigenvalue weighted by atomic mass is 127. The molecular weight excluding hydrogens is 435 g/mol. The largest absolute Gasteiger partial charge is 0.468 e. The van der Waals surface area contributed by atoms with E-state index in [2.05, 4.69) is 59.8 Å². The summed E-state index contributed by atoms with van der Waals surface area (Å²) in [7, 11) is 6.01. The van der Waals surface area contributed by atoms with Crippen molar-refractivity contribution in [1.29, 1.82) is 0 Å². The second-order valence-corrected chi connectivity index (χ2v) is 7.87. The SMILES string of the molecule is CN=C(NCC(c1ccco1)N(C)C)N1CCSC(C(C)C)C1.I. The molecule has 24 heavy (non-hydrogen) atoms. The third-order valence-electron chi connectivity index (χ3n) is 4.30. The lowest BCUT2D eigenvalue weighted by Gasteiger charge is -2.37. The van der Waals surface area contributed by atoms with E-state index >= 15 is 0 Å². The molecule has 0 amide bonds. The van der Waals surface area contributed by atoms with Crippen molar-refractivity contribution in [2.24, 2.45) is 10.9 Å². The standard InChI is InChI=1S/C17H30N4OS.HI/c1-13(2)16-12-21(8-10-23-16)17(18-3)19-11-14(20(4)5)15-7-6-9-22-15;/h6-7,9,13-14,16H,8,10-12H2,1-5H3,(H,18,19);1H. The number of halogens is 1. The molecule has 1 aromatic rings. The Morgan fingerprint density at radius 1 is 1.50 bits per heavy atom. The summed E-state index contributed by atoms with van der Waals surface area (Å²) in [6.07, 6.45) is 1.73. The molecule has 0 spiro atoms. The Kier molecular flexibility index (Phi) is 9.51. The number of aliphatic imine (C=N–C) groups is 1. The van der Waals surface area contributed by atoms with Crippen molar-refractivity contribution in [3.8, 4) is 0 Å². The lowest BCUT2D eigenvalue weighted by atomic mass is 10.1. The topological polar surface area (TPSA) is 44.0 Å². The van der Waals surface area contributed by atoms with E-state index in [-0.39, 0.29) is 30.0 Å². The summed E-state index contributed by atoms with van der Waals surface area (Å²) in [6.45, 7) is 7.51. The summed E-state index contributed by atoms with van der Waals surface area (Å²) in [4.78, 5) is 9.04. The summed E-state index contributed by atoms with van der Waals surface area (Å²) >= 11 is 2.08. The molecule has 1 saturated heterocycles. The molecule has 0 saturated carbocycles. The molecule has 1 aromatic heterocycles. The smallest absolute Gasteiger partial charge is 0.193 e. The first-order valence-electron chi connectivity index (χ1n) is 8.30. The fourth-order valence-corrected chi connectivity index (χ4v) is 4.11. The number of guanidine groups is 1. The van der Waals surface area contributed by atoms with Gasteiger partial charge in [-0.3, -0.25) is 9.89 Å². The van der Waals surface area contributed by atoms with Gasteiger partial charge < -0.3 is 14.6 Å². The van der Waals surface area contributed by atoms with Crippen LogP contribution in [0.4, 0.5) is 0 Å². The summed E-state index contributed by atoms with van der Waals surface area (Å²) in [5, 5.41) is 4.21. The lowest BCUT2D eigenvalue weighted by Crippen LogP contribution is -2.50. The zero-order valence-corrected chi connectivity index (χ0v) is 18.5. The van der Waals surface area contributed by atoms with Gasteiger partial charge in [0.05, 0.1) is 12.3 Å². The van der Waals surface area contributed by atoms with Gasteiger partial charge in [0.25, 0.3) is 0 Å². The predicted molar refractivity (Wildman–Crippen MR) is 115 cm³/mol. The van der Waals surface area contributed by atoms with E-state index in [1.807, 2.05) is 19.2 Å². The quantitative estimate of drug-likeness (QED) is 0.411. The number of hydrogen-bond acceptors (Lipinski definition) is 4. The Hall–Kier alpha value is -0.410. The Labute approximate surface area is 167 Å². The third kappa shape index (κ3) is 5.84. The molecule has 2 atom stereocenters. The maximum Gasteiger partial charge on any atom is 0.193 e. The summed E-state index contributed by atoms with van der Waals surface area (Å²) in [6, 6.07) is 4.17. The molecule has 0 aliphatic carbocycles. The van der Waals surface area contributed by atoms with E-state index < -0.39 is 0 Å². The van der Waals surface area contributed by atoms with Crippen LogP contribution in [0.5, 0.6) is 0 Å². The average Bonchev–Trinajstić information content (AvgIpc) is 3.05. The van der Waals surface area contributed by atoms with Crippen LogP contribution in [-0.4, -0.2) is 67.5 Å². The van der Waals surface area contributed by atoms with E-state index in [1.165, 1.54) is 5.75 Å². The first-order valence-corrected chi connectivity index (χ1v) is 9.34. The average molecular weight is 466 g/mol. The van der Waals surface area contributed by atoms with Crippen LogP contribution in [-0.2, 0) is 0 Å². The van der Waals surface area contributed by atoms with Gasteiger partial charge in [0, 0.05) is 37.7 Å². The van der Waals surface area contributed by atoms with Crippen LogP contribution in [0.3, 0.4) is 0 Å². The van der Waals surface area contributed by atoms with Gasteiger partial charge in [0.1, 0.15) is 5.76 Å². The molecule has 1 fully saturated rings. The number of hydrogen-bond donors (Lipinski definition) is 1. The highest BCUT2D eigenvalue weighted by molar-refractivity contribution is 14.0. The van der Waals surface area contributed by atoms with Crippen LogP contribution in [0, 0.1) is 5.92 Å². The minimum absolute atomic E-state index is 0. The summed E-state index contributed by atoms with van der Waals surface area (Å²) in [5.74, 6) is 3.83. The molecular formula is C17H31IN4OS. The van der Waals surface area contributed by atoms with E-state index in [0.717, 1.165) is 31.4 Å². The van der Waals surface area contributed by atoms with Crippen molar-refractivity contribution in [3.63, 3.8) is 0 Å². The van der Waals surface area contributed by atoms with Crippen LogP contribution >= 0.6 is 35.7 Å². The molecule has 1 aliphatic heterocycles. The van der Waals surface area contributed by atoms with Crippen molar-refractivity contribution in [1.82, 2.24) is 15.1 Å². The number of likely N-dealkylation sites (N-methyl/N-ethyl adjacent to an activating group) is 1. The number of thioether (sulfide) groups is 1. The molecule has 1 aliphatic rings. The van der Waals surface area contributed by atoms with E-state index in [9.17, 15) is 0 Å².